The highest BCUT2D eigenvalue weighted by atomic mass is 16.5. The molecule has 0 aliphatic carbocycles. The minimum absolute atomic E-state index is 0.146. The Balaban J connectivity index is 1.62. The molecule has 2 aromatic rings. The topological polar surface area (TPSA) is 101 Å². The maximum Gasteiger partial charge on any atom is 0.240 e. The third-order valence-corrected chi connectivity index (χ3v) is 5.02. The van der Waals surface area contributed by atoms with E-state index in [0.717, 1.165) is 29.0 Å². The lowest BCUT2D eigenvalue weighted by Gasteiger charge is -2.05. The largest absolute Gasteiger partial charge is 0.497 e. The van der Waals surface area contributed by atoms with Crippen molar-refractivity contribution < 1.29 is 19.1 Å². The van der Waals surface area contributed by atoms with Crippen LogP contribution in [0.15, 0.2) is 58.7 Å². The first-order valence-electron chi connectivity index (χ1n) is 10.9. The number of amides is 2. The number of methoxy groups -OCH3 is 2. The molecule has 0 aliphatic heterocycles. The first-order chi connectivity index (χ1) is 15.9. The van der Waals surface area contributed by atoms with E-state index in [-0.39, 0.29) is 11.8 Å². The summed E-state index contributed by atoms with van der Waals surface area (Å²) >= 11 is 0. The molecular formula is C25H32N4O4. The molecule has 0 radical (unpaired) electrons. The van der Waals surface area contributed by atoms with Crippen LogP contribution in [0.5, 0.6) is 11.5 Å². The molecule has 33 heavy (non-hydrogen) atoms. The average molecular weight is 453 g/mol. The molecule has 0 unspecified atom stereocenters. The molecule has 2 N–H and O–H groups in total. The van der Waals surface area contributed by atoms with Gasteiger partial charge in [0.2, 0.25) is 11.8 Å². The van der Waals surface area contributed by atoms with Gasteiger partial charge in [-0.25, -0.2) is 10.9 Å². The van der Waals surface area contributed by atoms with Crippen molar-refractivity contribution in [2.45, 2.75) is 46.0 Å². The monoisotopic (exact) mass is 452 g/mol. The molecule has 0 aliphatic rings. The predicted octanol–water partition coefficient (Wildman–Crippen LogP) is 4.03. The number of benzene rings is 2. The van der Waals surface area contributed by atoms with Crippen LogP contribution in [-0.2, 0) is 9.59 Å². The highest BCUT2D eigenvalue weighted by Gasteiger charge is 2.05. The van der Waals surface area contributed by atoms with Gasteiger partial charge in [0.05, 0.1) is 25.6 Å². The van der Waals surface area contributed by atoms with Crippen LogP contribution in [0.3, 0.4) is 0 Å². The summed E-state index contributed by atoms with van der Waals surface area (Å²) in [5.74, 6) is 1.24. The quantitative estimate of drug-likeness (QED) is 0.288. The van der Waals surface area contributed by atoms with Crippen LogP contribution in [0.2, 0.25) is 0 Å². The number of ether oxygens (including phenoxy) is 2. The van der Waals surface area contributed by atoms with Gasteiger partial charge in [-0.3, -0.25) is 9.59 Å². The van der Waals surface area contributed by atoms with Crippen molar-refractivity contribution in [3.63, 3.8) is 0 Å². The standard InChI is InChI=1S/C25H32N4O4/c1-18(20-10-14-22(32-3)15-11-20)26-28-24(30)8-6-5-7-9-25(31)29-27-19(2)21-12-16-23(33-4)17-13-21/h10-17H,5-9H2,1-4H3,(H,28,30)(H,29,31). The van der Waals surface area contributed by atoms with Gasteiger partial charge in [-0.05, 0) is 86.3 Å². The number of carbonyl (C=O) groups is 2. The molecule has 8 heteroatoms. The summed E-state index contributed by atoms with van der Waals surface area (Å²) in [7, 11) is 3.23. The molecule has 0 aromatic heterocycles. The van der Waals surface area contributed by atoms with Crippen LogP contribution < -0.4 is 20.3 Å². The molecule has 2 aromatic carbocycles. The van der Waals surface area contributed by atoms with Crippen molar-refractivity contribution in [2.75, 3.05) is 14.2 Å². The third kappa shape index (κ3) is 9.14. The van der Waals surface area contributed by atoms with Crippen LogP contribution in [0.4, 0.5) is 0 Å². The first kappa shape index (κ1) is 25.6. The summed E-state index contributed by atoms with van der Waals surface area (Å²) in [6.07, 6.45) is 2.85. The molecule has 0 heterocycles. The van der Waals surface area contributed by atoms with E-state index in [1.807, 2.05) is 62.4 Å². The Bertz CT molecular complexity index is 887. The number of rotatable bonds is 12. The number of nitrogens with one attached hydrogen (secondary N) is 2. The second kappa shape index (κ2) is 13.7. The van der Waals surface area contributed by atoms with Crippen molar-refractivity contribution in [1.82, 2.24) is 10.9 Å². The van der Waals surface area contributed by atoms with Crippen molar-refractivity contribution >= 4 is 23.2 Å². The smallest absolute Gasteiger partial charge is 0.240 e. The molecule has 0 atom stereocenters. The van der Waals surface area contributed by atoms with Crippen LogP contribution in [0.1, 0.15) is 57.1 Å². The molecule has 0 bridgehead atoms. The lowest BCUT2D eigenvalue weighted by atomic mass is 10.1. The van der Waals surface area contributed by atoms with E-state index >= 15 is 0 Å². The molecule has 176 valence electrons. The Kier molecular flexibility index (Phi) is 10.6. The van der Waals surface area contributed by atoms with Crippen molar-refractivity contribution in [3.8, 4) is 11.5 Å². The molecule has 8 nitrogen and oxygen atoms in total. The zero-order valence-electron chi connectivity index (χ0n) is 19.7. The van der Waals surface area contributed by atoms with Gasteiger partial charge in [0.1, 0.15) is 11.5 Å². The molecule has 2 amide bonds. The van der Waals surface area contributed by atoms with Gasteiger partial charge in [0, 0.05) is 12.8 Å². The second-order valence-electron chi connectivity index (χ2n) is 7.48. The molecule has 0 saturated heterocycles. The third-order valence-electron chi connectivity index (χ3n) is 5.02. The summed E-state index contributed by atoms with van der Waals surface area (Å²) in [6, 6.07) is 14.9. The van der Waals surface area contributed by atoms with Crippen LogP contribution in [0.25, 0.3) is 0 Å². The maximum absolute atomic E-state index is 12.0. The minimum atomic E-state index is -0.146. The second-order valence-corrected chi connectivity index (χ2v) is 7.48. The number of hydrazone groups is 2. The fraction of sp³-hybridized carbons (Fsp3) is 0.360. The van der Waals surface area contributed by atoms with Crippen molar-refractivity contribution in [3.05, 3.63) is 59.7 Å². The number of hydrogen-bond acceptors (Lipinski definition) is 6. The van der Waals surface area contributed by atoms with E-state index in [2.05, 4.69) is 21.1 Å². The van der Waals surface area contributed by atoms with Gasteiger partial charge in [-0.2, -0.15) is 10.2 Å². The van der Waals surface area contributed by atoms with E-state index < -0.39 is 0 Å². The van der Waals surface area contributed by atoms with E-state index in [9.17, 15) is 9.59 Å². The average Bonchev–Trinajstić information content (AvgIpc) is 2.85. The lowest BCUT2D eigenvalue weighted by molar-refractivity contribution is -0.121. The van der Waals surface area contributed by atoms with E-state index in [0.29, 0.717) is 37.1 Å². The lowest BCUT2D eigenvalue weighted by Crippen LogP contribution is -2.19. The molecule has 0 saturated carbocycles. The highest BCUT2D eigenvalue weighted by molar-refractivity contribution is 5.99. The maximum atomic E-state index is 12.0. The fourth-order valence-electron chi connectivity index (χ4n) is 2.95. The summed E-state index contributed by atoms with van der Waals surface area (Å²) < 4.78 is 10.3. The van der Waals surface area contributed by atoms with Gasteiger partial charge in [0.15, 0.2) is 0 Å². The molecule has 2 rings (SSSR count). The first-order valence-corrected chi connectivity index (χ1v) is 10.9. The van der Waals surface area contributed by atoms with E-state index in [1.165, 1.54) is 0 Å². The number of carbonyl (C=O) groups excluding carboxylic acids is 2. The van der Waals surface area contributed by atoms with E-state index in [4.69, 9.17) is 9.47 Å². The predicted molar refractivity (Wildman–Crippen MR) is 130 cm³/mol. The number of nitrogens with zero attached hydrogens (tertiary/aromatic N) is 2. The van der Waals surface area contributed by atoms with Gasteiger partial charge >= 0.3 is 0 Å². The van der Waals surface area contributed by atoms with Gasteiger partial charge < -0.3 is 9.47 Å². The Morgan fingerprint density at radius 3 is 1.36 bits per heavy atom. The zero-order chi connectivity index (χ0) is 24.1. The van der Waals surface area contributed by atoms with E-state index in [1.54, 1.807) is 14.2 Å². The van der Waals surface area contributed by atoms with Gasteiger partial charge in [-0.1, -0.05) is 6.42 Å². The zero-order valence-corrected chi connectivity index (χ0v) is 19.7. The minimum Gasteiger partial charge on any atom is -0.497 e. The number of unbranched alkanes of at least 4 members (excludes halogenated alkanes) is 2. The van der Waals surface area contributed by atoms with Crippen molar-refractivity contribution in [1.29, 1.82) is 0 Å². The Hall–Kier alpha value is -3.68. The van der Waals surface area contributed by atoms with Crippen LogP contribution in [0, 0.1) is 0 Å². The normalized spacial score (nSPS) is 11.6. The summed E-state index contributed by atoms with van der Waals surface area (Å²) in [5.41, 5.74) is 8.41. The summed E-state index contributed by atoms with van der Waals surface area (Å²) in [4.78, 5) is 24.0. The SMILES string of the molecule is COc1ccc(C(C)=NNC(=O)CCCCCC(=O)NN=C(C)c2ccc(OC)cc2)cc1. The highest BCUT2D eigenvalue weighted by Crippen LogP contribution is 2.13. The number of hydrogen-bond donors (Lipinski definition) is 2. The van der Waals surface area contributed by atoms with Crippen LogP contribution >= 0.6 is 0 Å². The summed E-state index contributed by atoms with van der Waals surface area (Å²) in [6.45, 7) is 3.67. The van der Waals surface area contributed by atoms with Gasteiger partial charge in [0.25, 0.3) is 0 Å². The molecule has 0 fully saturated rings. The fourth-order valence-corrected chi connectivity index (χ4v) is 2.95. The Morgan fingerprint density at radius 2 is 1.03 bits per heavy atom. The molecule has 0 spiro atoms. The summed E-state index contributed by atoms with van der Waals surface area (Å²) in [5, 5.41) is 8.29. The van der Waals surface area contributed by atoms with Crippen LogP contribution in [-0.4, -0.2) is 37.5 Å². The van der Waals surface area contributed by atoms with Crippen molar-refractivity contribution in [2.24, 2.45) is 10.2 Å². The molecular weight excluding hydrogens is 420 g/mol. The Labute approximate surface area is 195 Å². The van der Waals surface area contributed by atoms with Gasteiger partial charge in [-0.15, -0.1) is 0 Å². The Morgan fingerprint density at radius 1 is 0.667 bits per heavy atom.